The van der Waals surface area contributed by atoms with Gasteiger partial charge in [-0.3, -0.25) is 4.99 Å². The van der Waals surface area contributed by atoms with Crippen LogP contribution in [0.1, 0.15) is 30.5 Å². The summed E-state index contributed by atoms with van der Waals surface area (Å²) in [4.78, 5) is 4.54. The lowest BCUT2D eigenvalue weighted by atomic mass is 9.99. The molecule has 0 aliphatic rings. The van der Waals surface area contributed by atoms with Crippen LogP contribution in [0.5, 0.6) is 0 Å². The third-order valence-electron chi connectivity index (χ3n) is 3.65. The Morgan fingerprint density at radius 2 is 1.82 bits per heavy atom. The van der Waals surface area contributed by atoms with E-state index < -0.39 is 0 Å². The second kappa shape index (κ2) is 7.46. The van der Waals surface area contributed by atoms with Crippen molar-refractivity contribution in [3.8, 4) is 0 Å². The number of aliphatic imine (C=N–C) groups is 1. The summed E-state index contributed by atoms with van der Waals surface area (Å²) in [5.41, 5.74) is 12.3. The van der Waals surface area contributed by atoms with Crippen molar-refractivity contribution in [2.45, 2.75) is 20.3 Å². The van der Waals surface area contributed by atoms with Gasteiger partial charge >= 0.3 is 0 Å². The Bertz CT molecular complexity index is 682. The van der Waals surface area contributed by atoms with Crippen LogP contribution in [0.4, 0.5) is 5.69 Å². The van der Waals surface area contributed by atoms with E-state index in [4.69, 9.17) is 5.73 Å². The molecule has 0 saturated carbocycles. The lowest BCUT2D eigenvalue weighted by Crippen LogP contribution is -2.03. The van der Waals surface area contributed by atoms with Crippen LogP contribution in [0, 0.1) is 0 Å². The fourth-order valence-electron chi connectivity index (χ4n) is 2.43. The molecule has 0 aromatic heterocycles. The van der Waals surface area contributed by atoms with Crippen molar-refractivity contribution in [2.75, 3.05) is 12.4 Å². The molecule has 0 radical (unpaired) electrons. The average molecular weight is 293 g/mol. The maximum Gasteiger partial charge on any atom is 0.0935 e. The van der Waals surface area contributed by atoms with E-state index in [0.29, 0.717) is 5.70 Å². The first-order chi connectivity index (χ1) is 10.7. The zero-order valence-electron chi connectivity index (χ0n) is 13.4. The number of hydrogen-bond acceptors (Lipinski definition) is 3. The van der Waals surface area contributed by atoms with Crippen molar-refractivity contribution in [1.29, 1.82) is 0 Å². The van der Waals surface area contributed by atoms with E-state index in [1.54, 1.807) is 6.21 Å². The first kappa shape index (κ1) is 15.8. The minimum Gasteiger partial charge on any atom is -0.396 e. The summed E-state index contributed by atoms with van der Waals surface area (Å²) in [5, 5.41) is 3.11. The van der Waals surface area contributed by atoms with Gasteiger partial charge in [0.25, 0.3) is 0 Å². The second-order valence-corrected chi connectivity index (χ2v) is 4.99. The van der Waals surface area contributed by atoms with E-state index >= 15 is 0 Å². The Hall–Kier alpha value is -2.55. The van der Waals surface area contributed by atoms with Crippen LogP contribution in [-0.4, -0.2) is 13.3 Å². The fourth-order valence-corrected chi connectivity index (χ4v) is 2.43. The van der Waals surface area contributed by atoms with Crippen molar-refractivity contribution < 1.29 is 0 Å². The Labute approximate surface area is 132 Å². The van der Waals surface area contributed by atoms with Crippen molar-refractivity contribution in [1.82, 2.24) is 0 Å². The van der Waals surface area contributed by atoms with Gasteiger partial charge in [-0.2, -0.15) is 0 Å². The summed E-state index contributed by atoms with van der Waals surface area (Å²) in [7, 11) is 1.90. The molecule has 0 atom stereocenters. The predicted octanol–water partition coefficient (Wildman–Crippen LogP) is 4.17. The van der Waals surface area contributed by atoms with Crippen molar-refractivity contribution in [3.63, 3.8) is 0 Å². The van der Waals surface area contributed by atoms with E-state index in [1.165, 1.54) is 5.56 Å². The number of nitrogens with one attached hydrogen (secondary N) is 1. The number of anilines is 1. The van der Waals surface area contributed by atoms with E-state index in [2.05, 4.69) is 29.4 Å². The molecule has 0 heterocycles. The zero-order chi connectivity index (χ0) is 15.9. The molecule has 0 aliphatic heterocycles. The molecule has 0 saturated heterocycles. The molecule has 22 heavy (non-hydrogen) atoms. The van der Waals surface area contributed by atoms with Gasteiger partial charge in [-0.25, -0.2) is 0 Å². The van der Waals surface area contributed by atoms with Crippen molar-refractivity contribution >= 4 is 23.3 Å². The van der Waals surface area contributed by atoms with E-state index in [1.807, 2.05) is 50.4 Å². The second-order valence-electron chi connectivity index (χ2n) is 4.99. The van der Waals surface area contributed by atoms with Crippen LogP contribution < -0.4 is 11.1 Å². The molecule has 0 fully saturated rings. The van der Waals surface area contributed by atoms with Crippen LogP contribution in [0.25, 0.3) is 11.4 Å². The third-order valence-corrected chi connectivity index (χ3v) is 3.65. The molecule has 2 aromatic carbocycles. The Kier molecular flexibility index (Phi) is 5.37. The van der Waals surface area contributed by atoms with Gasteiger partial charge in [0, 0.05) is 24.5 Å². The van der Waals surface area contributed by atoms with Crippen molar-refractivity contribution in [2.24, 2.45) is 10.7 Å². The number of nitrogens with zero attached hydrogens (tertiary/aromatic N) is 1. The molecule has 3 N–H and O–H groups in total. The number of benzene rings is 2. The summed E-state index contributed by atoms with van der Waals surface area (Å²) in [5.74, 6) is 0. The van der Waals surface area contributed by atoms with Gasteiger partial charge in [-0.15, -0.1) is 0 Å². The van der Waals surface area contributed by atoms with Crippen LogP contribution in [0.2, 0.25) is 0 Å². The topological polar surface area (TPSA) is 50.4 Å². The molecule has 0 bridgehead atoms. The molecule has 0 amide bonds. The highest BCUT2D eigenvalue weighted by atomic mass is 14.8. The monoisotopic (exact) mass is 293 g/mol. The van der Waals surface area contributed by atoms with Gasteiger partial charge in [0.15, 0.2) is 0 Å². The first-order valence-corrected chi connectivity index (χ1v) is 7.56. The normalized spacial score (nSPS) is 12.3. The maximum absolute atomic E-state index is 6.42. The Morgan fingerprint density at radius 1 is 1.14 bits per heavy atom. The molecule has 2 aromatic rings. The fraction of sp³-hybridized carbons (Fsp3) is 0.211. The smallest absolute Gasteiger partial charge is 0.0935 e. The SMILES string of the molecule is CC=N/C(=C(\N)c1ccc(NC)cc1)c1ccccc1CC. The van der Waals surface area contributed by atoms with Gasteiger partial charge in [0.1, 0.15) is 0 Å². The number of nitrogens with two attached hydrogens (primary N) is 1. The highest BCUT2D eigenvalue weighted by Crippen LogP contribution is 2.27. The highest BCUT2D eigenvalue weighted by molar-refractivity contribution is 5.92. The number of hydrogen-bond donors (Lipinski definition) is 2. The summed E-state index contributed by atoms with van der Waals surface area (Å²) >= 11 is 0. The summed E-state index contributed by atoms with van der Waals surface area (Å²) in [6.45, 7) is 4.05. The molecule has 3 nitrogen and oxygen atoms in total. The van der Waals surface area contributed by atoms with Crippen LogP contribution in [0.3, 0.4) is 0 Å². The molecule has 114 valence electrons. The first-order valence-electron chi connectivity index (χ1n) is 7.56. The summed E-state index contributed by atoms with van der Waals surface area (Å²) < 4.78 is 0. The average Bonchev–Trinajstić information content (AvgIpc) is 2.59. The number of rotatable bonds is 5. The minimum atomic E-state index is 0.696. The standard InChI is InChI=1S/C19H23N3/c1-4-14-8-6-7-9-17(14)19(22-5-2)18(20)15-10-12-16(21-3)13-11-15/h5-13,21H,4,20H2,1-3H3/b19-18-,22-5?. The molecule has 3 heteroatoms. The highest BCUT2D eigenvalue weighted by Gasteiger charge is 2.11. The van der Waals surface area contributed by atoms with Gasteiger partial charge < -0.3 is 11.1 Å². The predicted molar refractivity (Wildman–Crippen MR) is 97.0 cm³/mol. The number of aryl methyl sites for hydroxylation is 1. The van der Waals surface area contributed by atoms with Crippen LogP contribution in [-0.2, 0) is 6.42 Å². The lowest BCUT2D eigenvalue weighted by molar-refractivity contribution is 1.13. The molecule has 0 unspecified atom stereocenters. The summed E-state index contributed by atoms with van der Waals surface area (Å²) in [6.07, 6.45) is 2.74. The Balaban J connectivity index is 2.57. The van der Waals surface area contributed by atoms with E-state index in [-0.39, 0.29) is 0 Å². The minimum absolute atomic E-state index is 0.696. The quantitative estimate of drug-likeness (QED) is 0.642. The van der Waals surface area contributed by atoms with E-state index in [9.17, 15) is 0 Å². The molecule has 0 aliphatic carbocycles. The molecular weight excluding hydrogens is 270 g/mol. The largest absolute Gasteiger partial charge is 0.396 e. The van der Waals surface area contributed by atoms with Gasteiger partial charge in [0.05, 0.1) is 11.4 Å². The van der Waals surface area contributed by atoms with Crippen LogP contribution in [0.15, 0.2) is 53.5 Å². The van der Waals surface area contributed by atoms with Gasteiger partial charge in [0.2, 0.25) is 0 Å². The lowest BCUT2D eigenvalue weighted by Gasteiger charge is -2.12. The maximum atomic E-state index is 6.42. The zero-order valence-corrected chi connectivity index (χ0v) is 13.4. The Morgan fingerprint density at radius 3 is 2.41 bits per heavy atom. The van der Waals surface area contributed by atoms with Gasteiger partial charge in [-0.05, 0) is 36.6 Å². The molecule has 0 spiro atoms. The molecular formula is C19H23N3. The third kappa shape index (κ3) is 3.37. The van der Waals surface area contributed by atoms with Crippen molar-refractivity contribution in [3.05, 3.63) is 65.2 Å². The van der Waals surface area contributed by atoms with E-state index in [0.717, 1.165) is 28.9 Å². The summed E-state index contributed by atoms with van der Waals surface area (Å²) in [6, 6.07) is 16.3. The van der Waals surface area contributed by atoms with Gasteiger partial charge in [-0.1, -0.05) is 43.3 Å². The van der Waals surface area contributed by atoms with Crippen LogP contribution >= 0.6 is 0 Å². The molecule has 2 rings (SSSR count).